The van der Waals surface area contributed by atoms with Gasteiger partial charge in [-0.1, -0.05) is 6.58 Å². The number of nitrogens with one attached hydrogen (secondary N) is 1. The minimum atomic E-state index is -0.0508. The van der Waals surface area contributed by atoms with E-state index in [1.807, 2.05) is 14.1 Å². The van der Waals surface area contributed by atoms with Gasteiger partial charge >= 0.3 is 0 Å². The molecule has 0 heterocycles. The molecule has 0 radical (unpaired) electrons. The second-order valence-electron chi connectivity index (χ2n) is 4.58. The van der Waals surface area contributed by atoms with Crippen molar-refractivity contribution < 1.29 is 9.39 Å². The van der Waals surface area contributed by atoms with Gasteiger partial charge in [-0.2, -0.15) is 5.01 Å². The van der Waals surface area contributed by atoms with E-state index >= 15 is 0 Å². The first-order valence-corrected chi connectivity index (χ1v) is 5.22. The first-order chi connectivity index (χ1) is 6.77. The molecule has 0 rings (SSSR count). The van der Waals surface area contributed by atoms with Crippen molar-refractivity contribution >= 4 is 5.91 Å². The van der Waals surface area contributed by atoms with Gasteiger partial charge in [0.15, 0.2) is 0 Å². The zero-order valence-corrected chi connectivity index (χ0v) is 10.6. The van der Waals surface area contributed by atoms with Crippen molar-refractivity contribution in [3.63, 3.8) is 0 Å². The van der Waals surface area contributed by atoms with E-state index in [1.165, 1.54) is 0 Å². The van der Waals surface area contributed by atoms with Crippen molar-refractivity contribution in [1.82, 2.24) is 10.3 Å². The summed E-state index contributed by atoms with van der Waals surface area (Å²) in [7, 11) is 8.38. The fraction of sp³-hybridized carbons (Fsp3) is 0.727. The highest BCUT2D eigenvalue weighted by Crippen LogP contribution is 2.00. The van der Waals surface area contributed by atoms with E-state index in [4.69, 9.17) is 0 Å². The highest BCUT2D eigenvalue weighted by molar-refractivity contribution is 5.91. The molecular weight excluding hydrogens is 190 g/mol. The van der Waals surface area contributed by atoms with E-state index in [0.717, 1.165) is 17.6 Å². The molecule has 0 saturated heterocycles. The van der Waals surface area contributed by atoms with Crippen molar-refractivity contribution in [2.24, 2.45) is 0 Å². The number of hydrogen-bond donors (Lipinski definition) is 1. The standard InChI is InChI=1S/C11H23N3O/c1-10(2)11(15)12-8-7-9-14(5,6)13(3)4/h1,7-9H2,2-6H3/p+1. The van der Waals surface area contributed by atoms with Crippen LogP contribution >= 0.6 is 0 Å². The summed E-state index contributed by atoms with van der Waals surface area (Å²) in [5, 5.41) is 4.97. The molecule has 4 heteroatoms. The molecule has 0 aromatic carbocycles. The second kappa shape index (κ2) is 5.88. The summed E-state index contributed by atoms with van der Waals surface area (Å²) in [5.74, 6) is -0.0508. The zero-order valence-electron chi connectivity index (χ0n) is 10.6. The van der Waals surface area contributed by atoms with Crippen molar-refractivity contribution in [3.8, 4) is 0 Å². The normalized spacial score (nSPS) is 11.6. The first kappa shape index (κ1) is 14.1. The number of carbonyl (C=O) groups is 1. The number of hydrogen-bond acceptors (Lipinski definition) is 2. The molecule has 15 heavy (non-hydrogen) atoms. The number of carbonyl (C=O) groups excluding carboxylic acids is 1. The Morgan fingerprint density at radius 1 is 1.40 bits per heavy atom. The molecule has 0 aliphatic carbocycles. The summed E-state index contributed by atoms with van der Waals surface area (Å²) < 4.78 is 0.822. The molecule has 0 atom stereocenters. The fourth-order valence-corrected chi connectivity index (χ4v) is 1.02. The Morgan fingerprint density at radius 3 is 2.33 bits per heavy atom. The van der Waals surface area contributed by atoms with Gasteiger partial charge in [0.25, 0.3) is 0 Å². The molecule has 4 nitrogen and oxygen atoms in total. The van der Waals surface area contributed by atoms with Gasteiger partial charge in [0.1, 0.15) is 0 Å². The van der Waals surface area contributed by atoms with Crippen LogP contribution < -0.4 is 5.32 Å². The van der Waals surface area contributed by atoms with Gasteiger partial charge in [-0.05, 0) is 6.92 Å². The maximum atomic E-state index is 11.2. The summed E-state index contributed by atoms with van der Waals surface area (Å²) in [4.78, 5) is 11.2. The minimum absolute atomic E-state index is 0.0508. The molecule has 0 bridgehead atoms. The van der Waals surface area contributed by atoms with Crippen LogP contribution in [0.15, 0.2) is 12.2 Å². The molecule has 0 aliphatic heterocycles. The Hall–Kier alpha value is -0.870. The zero-order chi connectivity index (χ0) is 12.1. The largest absolute Gasteiger partial charge is 0.352 e. The van der Waals surface area contributed by atoms with Gasteiger partial charge in [0, 0.05) is 32.6 Å². The molecule has 0 unspecified atom stereocenters. The molecule has 0 aromatic rings. The number of rotatable bonds is 6. The third-order valence-corrected chi connectivity index (χ3v) is 2.64. The third-order valence-electron chi connectivity index (χ3n) is 2.64. The van der Waals surface area contributed by atoms with Crippen LogP contribution in [0.4, 0.5) is 0 Å². The summed E-state index contributed by atoms with van der Waals surface area (Å²) >= 11 is 0. The lowest BCUT2D eigenvalue weighted by Gasteiger charge is -2.35. The highest BCUT2D eigenvalue weighted by atomic mass is 16.1. The third kappa shape index (κ3) is 5.54. The maximum Gasteiger partial charge on any atom is 0.246 e. The Balaban J connectivity index is 3.72. The lowest BCUT2D eigenvalue weighted by molar-refractivity contribution is -0.997. The average molecular weight is 214 g/mol. The van der Waals surface area contributed by atoms with E-state index in [-0.39, 0.29) is 5.91 Å². The molecule has 0 spiro atoms. The van der Waals surface area contributed by atoms with Crippen molar-refractivity contribution in [1.29, 1.82) is 0 Å². The quantitative estimate of drug-likeness (QED) is 0.304. The van der Waals surface area contributed by atoms with Gasteiger partial charge < -0.3 is 5.32 Å². The highest BCUT2D eigenvalue weighted by Gasteiger charge is 2.17. The van der Waals surface area contributed by atoms with Crippen LogP contribution in [0.1, 0.15) is 13.3 Å². The van der Waals surface area contributed by atoms with Gasteiger partial charge in [0.2, 0.25) is 5.91 Å². The predicted molar refractivity (Wildman–Crippen MR) is 63.1 cm³/mol. The van der Waals surface area contributed by atoms with E-state index < -0.39 is 0 Å². The van der Waals surface area contributed by atoms with Crippen molar-refractivity contribution in [2.75, 3.05) is 41.3 Å². The monoisotopic (exact) mass is 214 g/mol. The average Bonchev–Trinajstić information content (AvgIpc) is 2.11. The number of nitrogens with zero attached hydrogens (tertiary/aromatic N) is 2. The fourth-order valence-electron chi connectivity index (χ4n) is 1.02. The maximum absolute atomic E-state index is 11.2. The Bertz CT molecular complexity index is 234. The smallest absolute Gasteiger partial charge is 0.246 e. The van der Waals surface area contributed by atoms with E-state index in [0.29, 0.717) is 12.1 Å². The van der Waals surface area contributed by atoms with E-state index in [9.17, 15) is 4.79 Å². The molecule has 0 aromatic heterocycles. The Kier molecular flexibility index (Phi) is 5.54. The van der Waals surface area contributed by atoms with Crippen LogP contribution in [0.3, 0.4) is 0 Å². The predicted octanol–water partition coefficient (Wildman–Crippen LogP) is 0.622. The number of quaternary nitrogens is 1. The van der Waals surface area contributed by atoms with Crippen LogP contribution in [-0.2, 0) is 4.79 Å². The minimum Gasteiger partial charge on any atom is -0.352 e. The molecule has 0 saturated carbocycles. The summed E-state index contributed by atoms with van der Waals surface area (Å²) in [6.07, 6.45) is 0.962. The van der Waals surface area contributed by atoms with Crippen LogP contribution in [0, 0.1) is 0 Å². The second-order valence-corrected chi connectivity index (χ2v) is 4.58. The van der Waals surface area contributed by atoms with Crippen LogP contribution in [-0.4, -0.2) is 56.8 Å². The SMILES string of the molecule is C=C(C)C(=O)NCCC[N+](C)(C)N(C)C. The first-order valence-electron chi connectivity index (χ1n) is 5.22. The summed E-state index contributed by atoms with van der Waals surface area (Å²) in [5.41, 5.74) is 0.566. The van der Waals surface area contributed by atoms with Crippen LogP contribution in [0.5, 0.6) is 0 Å². The molecular formula is C11H24N3O+. The lowest BCUT2D eigenvalue weighted by Crippen LogP contribution is -2.51. The summed E-state index contributed by atoms with van der Waals surface area (Å²) in [6.45, 7) is 7.02. The van der Waals surface area contributed by atoms with Crippen LogP contribution in [0.2, 0.25) is 0 Å². The molecule has 1 N–H and O–H groups in total. The van der Waals surface area contributed by atoms with Gasteiger partial charge in [0.05, 0.1) is 20.6 Å². The lowest BCUT2D eigenvalue weighted by atomic mass is 10.3. The van der Waals surface area contributed by atoms with E-state index in [2.05, 4.69) is 31.0 Å². The van der Waals surface area contributed by atoms with E-state index in [1.54, 1.807) is 6.92 Å². The Labute approximate surface area is 93.1 Å². The number of amides is 1. The van der Waals surface area contributed by atoms with Gasteiger partial charge in [-0.25, -0.2) is 4.59 Å². The Morgan fingerprint density at radius 2 is 1.93 bits per heavy atom. The molecule has 1 amide bonds. The molecule has 88 valence electrons. The molecule has 0 fully saturated rings. The van der Waals surface area contributed by atoms with Gasteiger partial charge in [-0.3, -0.25) is 4.79 Å². The van der Waals surface area contributed by atoms with Crippen molar-refractivity contribution in [3.05, 3.63) is 12.2 Å². The van der Waals surface area contributed by atoms with Crippen molar-refractivity contribution in [2.45, 2.75) is 13.3 Å². The topological polar surface area (TPSA) is 32.3 Å². The van der Waals surface area contributed by atoms with Gasteiger partial charge in [-0.15, -0.1) is 0 Å². The summed E-state index contributed by atoms with van der Waals surface area (Å²) in [6, 6.07) is 0. The van der Waals surface area contributed by atoms with Crippen LogP contribution in [0.25, 0.3) is 0 Å². The molecule has 0 aliphatic rings.